The standard InChI is InChI=1S/C15H15FN2O3/c1-9-3-8-12(18(9)2)15(20)21-13(14(17)19)10-4-6-11(16)7-5-10/h3-8,13H,1-2H3,(H2,17,19). The second-order valence-corrected chi connectivity index (χ2v) is 4.66. The average Bonchev–Trinajstić information content (AvgIpc) is 2.77. The van der Waals surface area contributed by atoms with Gasteiger partial charge in [-0.3, -0.25) is 4.79 Å². The van der Waals surface area contributed by atoms with Crippen molar-refractivity contribution in [1.82, 2.24) is 4.57 Å². The molecule has 1 unspecified atom stereocenters. The van der Waals surface area contributed by atoms with E-state index in [-0.39, 0.29) is 0 Å². The van der Waals surface area contributed by atoms with Crippen LogP contribution < -0.4 is 5.73 Å². The summed E-state index contributed by atoms with van der Waals surface area (Å²) in [5, 5.41) is 0. The molecule has 6 heteroatoms. The molecule has 0 saturated heterocycles. The lowest BCUT2D eigenvalue weighted by molar-refractivity contribution is -0.127. The maximum atomic E-state index is 12.9. The van der Waals surface area contributed by atoms with E-state index in [1.165, 1.54) is 24.3 Å². The third-order valence-electron chi connectivity index (χ3n) is 3.24. The molecule has 0 aliphatic carbocycles. The third-order valence-corrected chi connectivity index (χ3v) is 3.24. The second-order valence-electron chi connectivity index (χ2n) is 4.66. The fraction of sp³-hybridized carbons (Fsp3) is 0.200. The Morgan fingerprint density at radius 2 is 1.81 bits per heavy atom. The highest BCUT2D eigenvalue weighted by Gasteiger charge is 2.24. The molecular formula is C15H15FN2O3. The summed E-state index contributed by atoms with van der Waals surface area (Å²) in [4.78, 5) is 23.6. The Hall–Kier alpha value is -2.63. The molecule has 1 amide bonds. The summed E-state index contributed by atoms with van der Waals surface area (Å²) in [5.74, 6) is -1.94. The minimum absolute atomic E-state index is 0.306. The SMILES string of the molecule is Cc1ccc(C(=O)OC(C(N)=O)c2ccc(F)cc2)n1C. The van der Waals surface area contributed by atoms with Gasteiger partial charge in [0.15, 0.2) is 0 Å². The number of primary amides is 1. The lowest BCUT2D eigenvalue weighted by atomic mass is 10.1. The van der Waals surface area contributed by atoms with Crippen LogP contribution in [-0.4, -0.2) is 16.4 Å². The van der Waals surface area contributed by atoms with Crippen LogP contribution in [0.25, 0.3) is 0 Å². The monoisotopic (exact) mass is 290 g/mol. The van der Waals surface area contributed by atoms with E-state index in [0.29, 0.717) is 11.3 Å². The van der Waals surface area contributed by atoms with Crippen molar-refractivity contribution in [3.8, 4) is 0 Å². The molecule has 110 valence electrons. The first kappa shape index (κ1) is 14.8. The molecule has 1 aromatic heterocycles. The predicted molar refractivity (Wildman–Crippen MR) is 73.9 cm³/mol. The van der Waals surface area contributed by atoms with E-state index in [4.69, 9.17) is 10.5 Å². The number of carbonyl (C=O) groups is 2. The molecule has 2 rings (SSSR count). The van der Waals surface area contributed by atoms with Crippen molar-refractivity contribution in [1.29, 1.82) is 0 Å². The van der Waals surface area contributed by atoms with Crippen LogP contribution in [0.1, 0.15) is 27.8 Å². The van der Waals surface area contributed by atoms with Gasteiger partial charge in [0, 0.05) is 18.3 Å². The molecule has 0 radical (unpaired) electrons. The van der Waals surface area contributed by atoms with Gasteiger partial charge in [0.25, 0.3) is 5.91 Å². The number of benzene rings is 1. The van der Waals surface area contributed by atoms with Gasteiger partial charge in [-0.2, -0.15) is 0 Å². The zero-order valence-electron chi connectivity index (χ0n) is 11.7. The maximum Gasteiger partial charge on any atom is 0.356 e. The Balaban J connectivity index is 2.24. The summed E-state index contributed by atoms with van der Waals surface area (Å²) in [7, 11) is 1.71. The van der Waals surface area contributed by atoms with Crippen LogP contribution in [0.4, 0.5) is 4.39 Å². The molecule has 0 aliphatic rings. The van der Waals surface area contributed by atoms with E-state index < -0.39 is 23.8 Å². The van der Waals surface area contributed by atoms with Crippen LogP contribution in [0.5, 0.6) is 0 Å². The van der Waals surface area contributed by atoms with Gasteiger partial charge >= 0.3 is 5.97 Å². The first-order valence-corrected chi connectivity index (χ1v) is 6.28. The highest BCUT2D eigenvalue weighted by Crippen LogP contribution is 2.20. The van der Waals surface area contributed by atoms with Crippen LogP contribution >= 0.6 is 0 Å². The summed E-state index contributed by atoms with van der Waals surface area (Å²) in [5.41, 5.74) is 6.76. The fourth-order valence-corrected chi connectivity index (χ4v) is 1.91. The Kier molecular flexibility index (Phi) is 4.07. The summed E-state index contributed by atoms with van der Waals surface area (Å²) in [6.45, 7) is 1.84. The van der Waals surface area contributed by atoms with E-state index >= 15 is 0 Å². The van der Waals surface area contributed by atoms with Gasteiger partial charge in [0.1, 0.15) is 11.5 Å². The number of ether oxygens (including phenoxy) is 1. The number of aryl methyl sites for hydroxylation is 1. The second kappa shape index (κ2) is 5.78. The van der Waals surface area contributed by atoms with Crippen molar-refractivity contribution in [2.75, 3.05) is 0 Å². The quantitative estimate of drug-likeness (QED) is 0.873. The highest BCUT2D eigenvalue weighted by atomic mass is 19.1. The van der Waals surface area contributed by atoms with Crippen molar-refractivity contribution in [2.45, 2.75) is 13.0 Å². The van der Waals surface area contributed by atoms with Crippen molar-refractivity contribution in [3.63, 3.8) is 0 Å². The van der Waals surface area contributed by atoms with Crippen molar-refractivity contribution in [3.05, 3.63) is 59.2 Å². The molecule has 0 fully saturated rings. The number of carbonyl (C=O) groups excluding carboxylic acids is 2. The Morgan fingerprint density at radius 1 is 1.19 bits per heavy atom. The van der Waals surface area contributed by atoms with Gasteiger partial charge in [-0.15, -0.1) is 0 Å². The summed E-state index contributed by atoms with van der Waals surface area (Å²) in [6.07, 6.45) is -1.26. The van der Waals surface area contributed by atoms with Crippen molar-refractivity contribution in [2.24, 2.45) is 12.8 Å². The van der Waals surface area contributed by atoms with Crippen molar-refractivity contribution >= 4 is 11.9 Å². The number of esters is 1. The largest absolute Gasteiger partial charge is 0.443 e. The van der Waals surface area contributed by atoms with Gasteiger partial charge in [-0.1, -0.05) is 12.1 Å². The van der Waals surface area contributed by atoms with Crippen LogP contribution in [0.3, 0.4) is 0 Å². The van der Waals surface area contributed by atoms with Crippen LogP contribution in [0, 0.1) is 12.7 Å². The number of amides is 1. The number of rotatable bonds is 4. The fourth-order valence-electron chi connectivity index (χ4n) is 1.91. The average molecular weight is 290 g/mol. The Morgan fingerprint density at radius 3 is 2.29 bits per heavy atom. The minimum Gasteiger partial charge on any atom is -0.443 e. The molecule has 0 spiro atoms. The predicted octanol–water partition coefficient (Wildman–Crippen LogP) is 1.86. The number of aromatic nitrogens is 1. The van der Waals surface area contributed by atoms with Crippen LogP contribution in [-0.2, 0) is 16.6 Å². The topological polar surface area (TPSA) is 74.3 Å². The van der Waals surface area contributed by atoms with E-state index in [1.807, 2.05) is 6.92 Å². The molecule has 0 aliphatic heterocycles. The minimum atomic E-state index is -1.26. The van der Waals surface area contributed by atoms with Crippen LogP contribution in [0.15, 0.2) is 36.4 Å². The zero-order chi connectivity index (χ0) is 15.6. The molecule has 1 aromatic carbocycles. The molecule has 21 heavy (non-hydrogen) atoms. The molecule has 0 bridgehead atoms. The lowest BCUT2D eigenvalue weighted by Crippen LogP contribution is -2.27. The van der Waals surface area contributed by atoms with Gasteiger partial charge in [0.2, 0.25) is 6.10 Å². The number of hydrogen-bond donors (Lipinski definition) is 1. The summed E-state index contributed by atoms with van der Waals surface area (Å²) in [6, 6.07) is 8.41. The van der Waals surface area contributed by atoms with E-state index in [0.717, 1.165) is 5.69 Å². The van der Waals surface area contributed by atoms with Gasteiger partial charge in [-0.25, -0.2) is 9.18 Å². The molecule has 5 nitrogen and oxygen atoms in total. The van der Waals surface area contributed by atoms with Crippen molar-refractivity contribution < 1.29 is 18.7 Å². The Labute approximate surface area is 121 Å². The van der Waals surface area contributed by atoms with E-state index in [1.54, 1.807) is 23.7 Å². The number of halogens is 1. The third kappa shape index (κ3) is 3.10. The molecular weight excluding hydrogens is 275 g/mol. The first-order valence-electron chi connectivity index (χ1n) is 6.28. The first-order chi connectivity index (χ1) is 9.90. The normalized spacial score (nSPS) is 12.0. The molecule has 2 aromatic rings. The number of nitrogens with zero attached hydrogens (tertiary/aromatic N) is 1. The van der Waals surface area contributed by atoms with E-state index in [2.05, 4.69) is 0 Å². The molecule has 0 saturated carbocycles. The van der Waals surface area contributed by atoms with Gasteiger partial charge in [-0.05, 0) is 31.2 Å². The Bertz CT molecular complexity index is 677. The maximum absolute atomic E-state index is 12.9. The highest BCUT2D eigenvalue weighted by molar-refractivity contribution is 5.91. The molecule has 1 atom stereocenters. The van der Waals surface area contributed by atoms with E-state index in [9.17, 15) is 14.0 Å². The summed E-state index contributed by atoms with van der Waals surface area (Å²) >= 11 is 0. The zero-order valence-corrected chi connectivity index (χ0v) is 11.7. The molecule has 1 heterocycles. The molecule has 2 N–H and O–H groups in total. The smallest absolute Gasteiger partial charge is 0.356 e. The van der Waals surface area contributed by atoms with Gasteiger partial charge in [0.05, 0.1) is 0 Å². The summed E-state index contributed by atoms with van der Waals surface area (Å²) < 4.78 is 19.7. The van der Waals surface area contributed by atoms with Crippen LogP contribution in [0.2, 0.25) is 0 Å². The number of nitrogens with two attached hydrogens (primary N) is 1. The van der Waals surface area contributed by atoms with Gasteiger partial charge < -0.3 is 15.0 Å². The lowest BCUT2D eigenvalue weighted by Gasteiger charge is -2.15. The number of hydrogen-bond acceptors (Lipinski definition) is 3.